The molecule has 0 atom stereocenters. The zero-order valence-corrected chi connectivity index (χ0v) is 9.21. The predicted molar refractivity (Wildman–Crippen MR) is 54.4 cm³/mol. The van der Waals surface area contributed by atoms with E-state index in [1.54, 1.807) is 16.6 Å². The van der Waals surface area contributed by atoms with E-state index >= 15 is 0 Å². The molecule has 0 aliphatic heterocycles. The number of hydrogen-bond acceptors (Lipinski definition) is 4. The number of carboxylic acid groups (broad SMARTS) is 1. The molecule has 6 nitrogen and oxygen atoms in total. The van der Waals surface area contributed by atoms with Crippen molar-refractivity contribution in [2.75, 3.05) is 13.6 Å². The molecule has 0 aliphatic carbocycles. The lowest BCUT2D eigenvalue weighted by Crippen LogP contribution is -2.27. The van der Waals surface area contributed by atoms with Crippen LogP contribution >= 0.6 is 0 Å². The van der Waals surface area contributed by atoms with Crippen molar-refractivity contribution in [3.8, 4) is 0 Å². The van der Waals surface area contributed by atoms with Gasteiger partial charge in [-0.2, -0.15) is 5.10 Å². The first-order valence-electron chi connectivity index (χ1n) is 4.79. The zero-order valence-electron chi connectivity index (χ0n) is 9.21. The van der Waals surface area contributed by atoms with Crippen LogP contribution in [0.3, 0.4) is 0 Å². The Morgan fingerprint density at radius 1 is 1.67 bits per heavy atom. The van der Waals surface area contributed by atoms with E-state index in [-0.39, 0.29) is 12.6 Å². The van der Waals surface area contributed by atoms with Crippen molar-refractivity contribution in [2.24, 2.45) is 0 Å². The molecule has 1 heterocycles. The van der Waals surface area contributed by atoms with Gasteiger partial charge in [-0.25, -0.2) is 9.67 Å². The second-order valence-electron chi connectivity index (χ2n) is 3.78. The van der Waals surface area contributed by atoms with Gasteiger partial charge in [0, 0.05) is 6.04 Å². The van der Waals surface area contributed by atoms with Gasteiger partial charge >= 0.3 is 5.97 Å². The van der Waals surface area contributed by atoms with Gasteiger partial charge in [-0.15, -0.1) is 0 Å². The van der Waals surface area contributed by atoms with Crippen molar-refractivity contribution in [3.05, 3.63) is 12.2 Å². The maximum Gasteiger partial charge on any atom is 0.317 e. The fourth-order valence-corrected chi connectivity index (χ4v) is 1.35. The van der Waals surface area contributed by atoms with Crippen LogP contribution in [0.2, 0.25) is 0 Å². The summed E-state index contributed by atoms with van der Waals surface area (Å²) in [5.74, 6) is -0.0538. The van der Waals surface area contributed by atoms with Crippen LogP contribution < -0.4 is 0 Å². The first-order chi connectivity index (χ1) is 7.00. The number of nitrogens with zero attached hydrogens (tertiary/aromatic N) is 4. The van der Waals surface area contributed by atoms with Crippen molar-refractivity contribution < 1.29 is 9.90 Å². The highest BCUT2D eigenvalue weighted by molar-refractivity contribution is 5.68. The fraction of sp³-hybridized carbons (Fsp3) is 0.667. The van der Waals surface area contributed by atoms with Crippen LogP contribution in [0.1, 0.15) is 25.7 Å². The van der Waals surface area contributed by atoms with Crippen LogP contribution in [-0.2, 0) is 11.3 Å². The molecule has 0 aromatic carbocycles. The highest BCUT2D eigenvalue weighted by atomic mass is 16.4. The zero-order chi connectivity index (χ0) is 11.4. The molecular weight excluding hydrogens is 196 g/mol. The van der Waals surface area contributed by atoms with E-state index in [4.69, 9.17) is 5.11 Å². The third kappa shape index (κ3) is 3.32. The molecule has 0 radical (unpaired) electrons. The summed E-state index contributed by atoms with van der Waals surface area (Å²) in [4.78, 5) is 16.3. The second kappa shape index (κ2) is 4.88. The molecule has 1 aromatic heterocycles. The molecule has 84 valence electrons. The van der Waals surface area contributed by atoms with Gasteiger partial charge in [0.2, 0.25) is 0 Å². The number of aromatic nitrogens is 3. The molecule has 0 spiro atoms. The summed E-state index contributed by atoms with van der Waals surface area (Å²) in [6, 6.07) is 0.237. The first-order valence-corrected chi connectivity index (χ1v) is 4.79. The minimum atomic E-state index is -0.840. The Balaban J connectivity index is 2.63. The van der Waals surface area contributed by atoms with Gasteiger partial charge in [0.25, 0.3) is 0 Å². The van der Waals surface area contributed by atoms with Gasteiger partial charge < -0.3 is 5.11 Å². The molecule has 0 unspecified atom stereocenters. The maximum atomic E-state index is 10.5. The number of hydrogen-bond donors (Lipinski definition) is 1. The molecule has 1 rings (SSSR count). The van der Waals surface area contributed by atoms with E-state index in [0.717, 1.165) is 5.82 Å². The van der Waals surface area contributed by atoms with E-state index in [2.05, 4.69) is 10.1 Å². The van der Waals surface area contributed by atoms with Crippen molar-refractivity contribution in [2.45, 2.75) is 26.4 Å². The van der Waals surface area contributed by atoms with E-state index in [0.29, 0.717) is 6.54 Å². The molecule has 0 saturated carbocycles. The summed E-state index contributed by atoms with van der Waals surface area (Å²) in [6.07, 6.45) is 1.49. The summed E-state index contributed by atoms with van der Waals surface area (Å²) in [6.45, 7) is 4.51. The van der Waals surface area contributed by atoms with Crippen molar-refractivity contribution in [3.63, 3.8) is 0 Å². The standard InChI is InChI=1S/C9H16N4O2/c1-7(2)13-8(10-6-11-13)4-12(3)5-9(14)15/h6-7H,4-5H2,1-3H3,(H,14,15). The summed E-state index contributed by atoms with van der Waals surface area (Å²) in [7, 11) is 1.74. The minimum Gasteiger partial charge on any atom is -0.480 e. The highest BCUT2D eigenvalue weighted by Gasteiger charge is 2.11. The molecule has 0 saturated heterocycles. The molecule has 0 fully saturated rings. The van der Waals surface area contributed by atoms with Gasteiger partial charge in [0.15, 0.2) is 0 Å². The van der Waals surface area contributed by atoms with Gasteiger partial charge in [0.1, 0.15) is 12.2 Å². The lowest BCUT2D eigenvalue weighted by atomic mass is 10.4. The second-order valence-corrected chi connectivity index (χ2v) is 3.78. The van der Waals surface area contributed by atoms with Crippen LogP contribution in [0.4, 0.5) is 0 Å². The molecule has 6 heteroatoms. The fourth-order valence-electron chi connectivity index (χ4n) is 1.35. The Morgan fingerprint density at radius 3 is 2.87 bits per heavy atom. The number of rotatable bonds is 5. The summed E-state index contributed by atoms with van der Waals surface area (Å²) in [5, 5.41) is 12.7. The third-order valence-electron chi connectivity index (χ3n) is 1.95. The van der Waals surface area contributed by atoms with Crippen LogP contribution in [0.15, 0.2) is 6.33 Å². The maximum absolute atomic E-state index is 10.5. The Hall–Kier alpha value is -1.43. The number of aliphatic carboxylic acids is 1. The molecular formula is C9H16N4O2. The average Bonchev–Trinajstić information content (AvgIpc) is 2.50. The van der Waals surface area contributed by atoms with Crippen LogP contribution in [0.25, 0.3) is 0 Å². The summed E-state index contributed by atoms with van der Waals surface area (Å²) < 4.78 is 1.79. The van der Waals surface area contributed by atoms with Crippen molar-refractivity contribution in [1.29, 1.82) is 0 Å². The Morgan fingerprint density at radius 2 is 2.33 bits per heavy atom. The van der Waals surface area contributed by atoms with Crippen molar-refractivity contribution >= 4 is 5.97 Å². The Bertz CT molecular complexity index is 335. The molecule has 0 bridgehead atoms. The van der Waals surface area contributed by atoms with E-state index in [1.807, 2.05) is 13.8 Å². The van der Waals surface area contributed by atoms with E-state index in [1.165, 1.54) is 6.33 Å². The average molecular weight is 212 g/mol. The number of likely N-dealkylation sites (N-methyl/N-ethyl adjacent to an activating group) is 1. The van der Waals surface area contributed by atoms with E-state index < -0.39 is 5.97 Å². The SMILES string of the molecule is CC(C)n1ncnc1CN(C)CC(=O)O. The van der Waals surface area contributed by atoms with Crippen molar-refractivity contribution in [1.82, 2.24) is 19.7 Å². The smallest absolute Gasteiger partial charge is 0.317 e. The largest absolute Gasteiger partial charge is 0.480 e. The molecule has 1 N–H and O–H groups in total. The minimum absolute atomic E-state index is 0.00492. The van der Waals surface area contributed by atoms with Gasteiger partial charge in [-0.3, -0.25) is 9.69 Å². The monoisotopic (exact) mass is 212 g/mol. The van der Waals surface area contributed by atoms with Gasteiger partial charge in [-0.05, 0) is 20.9 Å². The predicted octanol–water partition coefficient (Wildman–Crippen LogP) is 0.375. The lowest BCUT2D eigenvalue weighted by Gasteiger charge is -2.15. The third-order valence-corrected chi connectivity index (χ3v) is 1.95. The topological polar surface area (TPSA) is 71.2 Å². The lowest BCUT2D eigenvalue weighted by molar-refractivity contribution is -0.138. The van der Waals surface area contributed by atoms with E-state index in [9.17, 15) is 4.79 Å². The van der Waals surface area contributed by atoms with Gasteiger partial charge in [-0.1, -0.05) is 0 Å². The normalized spacial score (nSPS) is 11.3. The number of carboxylic acids is 1. The quantitative estimate of drug-likeness (QED) is 0.763. The van der Waals surface area contributed by atoms with Crippen LogP contribution in [-0.4, -0.2) is 44.3 Å². The molecule has 0 aliphatic rings. The molecule has 15 heavy (non-hydrogen) atoms. The van der Waals surface area contributed by atoms with Crippen LogP contribution in [0, 0.1) is 0 Å². The first kappa shape index (κ1) is 11.6. The van der Waals surface area contributed by atoms with Crippen LogP contribution in [0.5, 0.6) is 0 Å². The van der Waals surface area contributed by atoms with Gasteiger partial charge in [0.05, 0.1) is 13.1 Å². The number of carbonyl (C=O) groups is 1. The Kier molecular flexibility index (Phi) is 3.79. The highest BCUT2D eigenvalue weighted by Crippen LogP contribution is 2.06. The molecule has 0 amide bonds. The Labute approximate surface area is 88.5 Å². The summed E-state index contributed by atoms with van der Waals surface area (Å²) >= 11 is 0. The summed E-state index contributed by atoms with van der Waals surface area (Å²) in [5.41, 5.74) is 0. The molecule has 1 aromatic rings.